The van der Waals surface area contributed by atoms with Crippen molar-refractivity contribution in [1.29, 1.82) is 5.26 Å². The molecule has 0 saturated heterocycles. The highest BCUT2D eigenvalue weighted by atomic mass is 19.3. The van der Waals surface area contributed by atoms with Gasteiger partial charge in [-0.1, -0.05) is 0 Å². The van der Waals surface area contributed by atoms with Gasteiger partial charge >= 0.3 is 0 Å². The van der Waals surface area contributed by atoms with Crippen LogP contribution in [0.2, 0.25) is 0 Å². The van der Waals surface area contributed by atoms with E-state index in [0.717, 1.165) is 4.68 Å². The molecular weight excluding hydrogens is 152 g/mol. The van der Waals surface area contributed by atoms with Crippen molar-refractivity contribution >= 4 is 0 Å². The molecule has 0 saturated carbocycles. The number of nitriles is 1. The van der Waals surface area contributed by atoms with Gasteiger partial charge in [0.05, 0.1) is 0 Å². The molecule has 0 amide bonds. The van der Waals surface area contributed by atoms with Gasteiger partial charge in [0.25, 0.3) is 6.43 Å². The summed E-state index contributed by atoms with van der Waals surface area (Å²) < 4.78 is 24.4. The third kappa shape index (κ3) is 2.00. The summed E-state index contributed by atoms with van der Waals surface area (Å²) in [5.41, 5.74) is 0.158. The Morgan fingerprint density at radius 1 is 1.73 bits per heavy atom. The molecule has 0 unspecified atom stereocenters. The van der Waals surface area contributed by atoms with E-state index in [2.05, 4.69) is 5.10 Å². The Kier molecular flexibility index (Phi) is 2.16. The van der Waals surface area contributed by atoms with Gasteiger partial charge in [-0.25, -0.2) is 8.78 Å². The fourth-order valence-electron chi connectivity index (χ4n) is 0.664. The molecule has 0 aliphatic rings. The molecule has 0 atom stereocenters. The van der Waals surface area contributed by atoms with E-state index in [1.807, 2.05) is 0 Å². The van der Waals surface area contributed by atoms with E-state index in [-0.39, 0.29) is 5.69 Å². The second-order valence-electron chi connectivity index (χ2n) is 1.93. The zero-order chi connectivity index (χ0) is 8.27. The minimum Gasteiger partial charge on any atom is -0.266 e. The van der Waals surface area contributed by atoms with E-state index in [1.165, 1.54) is 12.3 Å². The Hall–Kier alpha value is -1.44. The predicted molar refractivity (Wildman–Crippen MR) is 32.9 cm³/mol. The fraction of sp³-hybridized carbons (Fsp3) is 0.333. The van der Waals surface area contributed by atoms with Crippen LogP contribution in [-0.2, 0) is 6.54 Å². The number of hydrogen-bond acceptors (Lipinski definition) is 2. The van der Waals surface area contributed by atoms with Crippen molar-refractivity contribution in [3.63, 3.8) is 0 Å². The Bertz CT molecular complexity index is 274. The lowest BCUT2D eigenvalue weighted by Gasteiger charge is -1.96. The van der Waals surface area contributed by atoms with Crippen LogP contribution >= 0.6 is 0 Å². The lowest BCUT2D eigenvalue weighted by Crippen LogP contribution is -2.06. The summed E-state index contributed by atoms with van der Waals surface area (Å²) >= 11 is 0. The van der Waals surface area contributed by atoms with Crippen LogP contribution in [0.15, 0.2) is 12.3 Å². The van der Waals surface area contributed by atoms with Crippen LogP contribution in [0.25, 0.3) is 0 Å². The average molecular weight is 157 g/mol. The van der Waals surface area contributed by atoms with Crippen molar-refractivity contribution < 1.29 is 8.78 Å². The molecule has 1 heterocycles. The summed E-state index contributed by atoms with van der Waals surface area (Å²) in [5, 5.41) is 11.8. The number of rotatable bonds is 2. The van der Waals surface area contributed by atoms with Crippen LogP contribution in [-0.4, -0.2) is 16.2 Å². The first-order valence-corrected chi connectivity index (χ1v) is 2.94. The largest absolute Gasteiger partial charge is 0.266 e. The van der Waals surface area contributed by atoms with Crippen LogP contribution in [0.4, 0.5) is 8.78 Å². The standard InChI is InChI=1S/C6H5F2N3/c7-6(8)4-11-2-1-5(3-9)10-11/h1-2,6H,4H2. The SMILES string of the molecule is N#Cc1ccn(CC(F)F)n1. The van der Waals surface area contributed by atoms with E-state index in [0.29, 0.717) is 0 Å². The zero-order valence-corrected chi connectivity index (χ0v) is 5.54. The van der Waals surface area contributed by atoms with E-state index in [9.17, 15) is 8.78 Å². The Morgan fingerprint density at radius 2 is 2.45 bits per heavy atom. The molecule has 0 radical (unpaired) electrons. The fourth-order valence-corrected chi connectivity index (χ4v) is 0.664. The molecule has 1 aromatic rings. The topological polar surface area (TPSA) is 41.6 Å². The van der Waals surface area contributed by atoms with Gasteiger partial charge in [0, 0.05) is 6.20 Å². The van der Waals surface area contributed by atoms with Crippen LogP contribution in [0.5, 0.6) is 0 Å². The summed E-state index contributed by atoms with van der Waals surface area (Å²) in [5.74, 6) is 0. The van der Waals surface area contributed by atoms with Crippen LogP contribution in [0.3, 0.4) is 0 Å². The number of nitrogens with zero attached hydrogens (tertiary/aromatic N) is 3. The minimum atomic E-state index is -2.43. The maximum absolute atomic E-state index is 11.7. The van der Waals surface area contributed by atoms with Crippen LogP contribution in [0, 0.1) is 11.3 Å². The molecule has 0 bridgehead atoms. The van der Waals surface area contributed by atoms with Crippen molar-refractivity contribution in [1.82, 2.24) is 9.78 Å². The van der Waals surface area contributed by atoms with Crippen molar-refractivity contribution in [2.24, 2.45) is 0 Å². The molecule has 0 spiro atoms. The van der Waals surface area contributed by atoms with E-state index in [1.54, 1.807) is 6.07 Å². The molecule has 0 fully saturated rings. The predicted octanol–water partition coefficient (Wildman–Crippen LogP) is 1.02. The Labute approximate surface area is 61.9 Å². The summed E-state index contributed by atoms with van der Waals surface area (Å²) in [4.78, 5) is 0. The lowest BCUT2D eigenvalue weighted by atomic mass is 10.5. The molecule has 58 valence electrons. The maximum atomic E-state index is 11.7. The van der Waals surface area contributed by atoms with Gasteiger partial charge in [0.1, 0.15) is 12.6 Å². The smallest absolute Gasteiger partial charge is 0.257 e. The summed E-state index contributed by atoms with van der Waals surface area (Å²) in [6.07, 6.45) is -1.08. The highest BCUT2D eigenvalue weighted by Crippen LogP contribution is 1.98. The Balaban J connectivity index is 2.67. The third-order valence-electron chi connectivity index (χ3n) is 1.08. The second kappa shape index (κ2) is 3.10. The van der Waals surface area contributed by atoms with Gasteiger partial charge in [0.2, 0.25) is 0 Å². The third-order valence-corrected chi connectivity index (χ3v) is 1.08. The van der Waals surface area contributed by atoms with Crippen molar-refractivity contribution in [3.8, 4) is 6.07 Å². The molecule has 1 rings (SSSR count). The average Bonchev–Trinajstić information content (AvgIpc) is 2.34. The summed E-state index contributed by atoms with van der Waals surface area (Å²) in [7, 11) is 0. The molecule has 0 aromatic carbocycles. The van der Waals surface area contributed by atoms with Gasteiger partial charge < -0.3 is 0 Å². The molecule has 1 aromatic heterocycles. The lowest BCUT2D eigenvalue weighted by molar-refractivity contribution is 0.122. The molecule has 0 aliphatic heterocycles. The number of alkyl halides is 2. The van der Waals surface area contributed by atoms with E-state index in [4.69, 9.17) is 5.26 Å². The van der Waals surface area contributed by atoms with Gasteiger partial charge in [-0.15, -0.1) is 0 Å². The summed E-state index contributed by atoms with van der Waals surface area (Å²) in [6.45, 7) is -0.457. The quantitative estimate of drug-likeness (QED) is 0.643. The minimum absolute atomic E-state index is 0.158. The molecule has 11 heavy (non-hydrogen) atoms. The molecule has 5 heteroatoms. The highest BCUT2D eigenvalue weighted by Gasteiger charge is 2.04. The van der Waals surface area contributed by atoms with Gasteiger partial charge in [-0.2, -0.15) is 10.4 Å². The number of aromatic nitrogens is 2. The van der Waals surface area contributed by atoms with Crippen molar-refractivity contribution in [2.75, 3.05) is 0 Å². The molecule has 3 nitrogen and oxygen atoms in total. The molecule has 0 aliphatic carbocycles. The number of halogens is 2. The summed E-state index contributed by atoms with van der Waals surface area (Å²) in [6, 6.07) is 3.14. The van der Waals surface area contributed by atoms with Crippen LogP contribution < -0.4 is 0 Å². The maximum Gasteiger partial charge on any atom is 0.257 e. The monoisotopic (exact) mass is 157 g/mol. The first kappa shape index (κ1) is 7.66. The Morgan fingerprint density at radius 3 is 2.91 bits per heavy atom. The number of hydrogen-bond donors (Lipinski definition) is 0. The van der Waals surface area contributed by atoms with Gasteiger partial charge in [-0.05, 0) is 6.07 Å². The normalized spacial score (nSPS) is 10.0. The van der Waals surface area contributed by atoms with Gasteiger partial charge in [0.15, 0.2) is 5.69 Å². The highest BCUT2D eigenvalue weighted by molar-refractivity contribution is 5.16. The first-order valence-electron chi connectivity index (χ1n) is 2.94. The zero-order valence-electron chi connectivity index (χ0n) is 5.54. The van der Waals surface area contributed by atoms with Crippen molar-refractivity contribution in [3.05, 3.63) is 18.0 Å². The molecular formula is C6H5F2N3. The van der Waals surface area contributed by atoms with E-state index >= 15 is 0 Å². The van der Waals surface area contributed by atoms with Crippen molar-refractivity contribution in [2.45, 2.75) is 13.0 Å². The first-order chi connectivity index (χ1) is 5.22. The second-order valence-corrected chi connectivity index (χ2v) is 1.93. The molecule has 0 N–H and O–H groups in total. The van der Waals surface area contributed by atoms with E-state index < -0.39 is 13.0 Å². The van der Waals surface area contributed by atoms with Gasteiger partial charge in [-0.3, -0.25) is 4.68 Å². The van der Waals surface area contributed by atoms with Crippen LogP contribution in [0.1, 0.15) is 5.69 Å².